The first-order valence-corrected chi connectivity index (χ1v) is 6.87. The molecule has 2 nitrogen and oxygen atoms in total. The average Bonchev–Trinajstić information content (AvgIpc) is 2.28. The first-order chi connectivity index (χ1) is 7.63. The number of rotatable bonds is 6. The molecule has 16 heavy (non-hydrogen) atoms. The van der Waals surface area contributed by atoms with Crippen LogP contribution in [0.15, 0.2) is 29.2 Å². The van der Waals surface area contributed by atoms with Crippen molar-refractivity contribution in [3.8, 4) is 0 Å². The van der Waals surface area contributed by atoms with E-state index < -0.39 is 0 Å². The second kappa shape index (κ2) is 6.94. The molecular formula is C13H21NOS. The van der Waals surface area contributed by atoms with Crippen molar-refractivity contribution in [2.45, 2.75) is 31.7 Å². The van der Waals surface area contributed by atoms with E-state index in [-0.39, 0.29) is 6.04 Å². The highest BCUT2D eigenvalue weighted by Crippen LogP contribution is 2.18. The summed E-state index contributed by atoms with van der Waals surface area (Å²) in [5, 5.41) is 0. The normalized spacial score (nSPS) is 13.1. The fourth-order valence-electron chi connectivity index (χ4n) is 1.30. The van der Waals surface area contributed by atoms with Crippen LogP contribution in [-0.4, -0.2) is 12.9 Å². The van der Waals surface area contributed by atoms with Crippen molar-refractivity contribution >= 4 is 11.8 Å². The summed E-state index contributed by atoms with van der Waals surface area (Å²) in [6, 6.07) is 8.79. The molecule has 3 heteroatoms. The predicted molar refractivity (Wildman–Crippen MR) is 70.6 cm³/mol. The van der Waals surface area contributed by atoms with Crippen LogP contribution in [0.3, 0.4) is 0 Å². The van der Waals surface area contributed by atoms with Gasteiger partial charge in [-0.25, -0.2) is 0 Å². The fourth-order valence-corrected chi connectivity index (χ4v) is 1.71. The zero-order chi connectivity index (χ0) is 12.0. The third-order valence-electron chi connectivity index (χ3n) is 2.29. The summed E-state index contributed by atoms with van der Waals surface area (Å²) < 4.78 is 0. The van der Waals surface area contributed by atoms with E-state index in [1.54, 1.807) is 11.8 Å². The van der Waals surface area contributed by atoms with Crippen LogP contribution in [0.1, 0.15) is 32.4 Å². The van der Waals surface area contributed by atoms with Gasteiger partial charge < -0.3 is 4.84 Å². The SMILES string of the molecule is CSc1ccc(C(C)NOCC(C)C)cc1. The number of benzene rings is 1. The van der Waals surface area contributed by atoms with Crippen molar-refractivity contribution in [3.05, 3.63) is 29.8 Å². The van der Waals surface area contributed by atoms with E-state index in [1.807, 2.05) is 0 Å². The lowest BCUT2D eigenvalue weighted by Gasteiger charge is -2.15. The van der Waals surface area contributed by atoms with Gasteiger partial charge in [0.1, 0.15) is 0 Å². The van der Waals surface area contributed by atoms with Gasteiger partial charge in [0.25, 0.3) is 0 Å². The van der Waals surface area contributed by atoms with Crippen LogP contribution in [0.25, 0.3) is 0 Å². The molecule has 0 saturated heterocycles. The van der Waals surface area contributed by atoms with Crippen LogP contribution >= 0.6 is 11.8 Å². The highest BCUT2D eigenvalue weighted by atomic mass is 32.2. The van der Waals surface area contributed by atoms with Crippen LogP contribution < -0.4 is 5.48 Å². The summed E-state index contributed by atoms with van der Waals surface area (Å²) in [4.78, 5) is 6.70. The monoisotopic (exact) mass is 239 g/mol. The van der Waals surface area contributed by atoms with Crippen molar-refractivity contribution in [2.75, 3.05) is 12.9 Å². The first kappa shape index (κ1) is 13.6. The van der Waals surface area contributed by atoms with Gasteiger partial charge in [0, 0.05) is 4.90 Å². The van der Waals surface area contributed by atoms with Gasteiger partial charge in [-0.1, -0.05) is 26.0 Å². The van der Waals surface area contributed by atoms with E-state index in [4.69, 9.17) is 4.84 Å². The summed E-state index contributed by atoms with van der Waals surface area (Å²) in [6.07, 6.45) is 2.09. The lowest BCUT2D eigenvalue weighted by atomic mass is 10.1. The lowest BCUT2D eigenvalue weighted by Crippen LogP contribution is -2.21. The Kier molecular flexibility index (Phi) is 5.88. The highest BCUT2D eigenvalue weighted by Gasteiger charge is 2.05. The number of hydrogen-bond acceptors (Lipinski definition) is 3. The number of hydrogen-bond donors (Lipinski definition) is 1. The maximum atomic E-state index is 5.41. The lowest BCUT2D eigenvalue weighted by molar-refractivity contribution is 0.00408. The predicted octanol–water partition coefficient (Wildman–Crippen LogP) is 3.65. The van der Waals surface area contributed by atoms with Crippen molar-refractivity contribution in [2.24, 2.45) is 5.92 Å². The molecule has 0 aromatic heterocycles. The van der Waals surface area contributed by atoms with Crippen molar-refractivity contribution < 1.29 is 4.84 Å². The summed E-state index contributed by atoms with van der Waals surface area (Å²) in [6.45, 7) is 7.13. The Bertz CT molecular complexity index is 297. The van der Waals surface area contributed by atoms with Crippen LogP contribution in [0, 0.1) is 5.92 Å². The largest absolute Gasteiger partial charge is 0.301 e. The van der Waals surface area contributed by atoms with Gasteiger partial charge in [-0.3, -0.25) is 0 Å². The van der Waals surface area contributed by atoms with Gasteiger partial charge in [-0.05, 0) is 36.8 Å². The van der Waals surface area contributed by atoms with Crippen LogP contribution in [-0.2, 0) is 4.84 Å². The fraction of sp³-hybridized carbons (Fsp3) is 0.538. The Morgan fingerprint density at radius 1 is 1.19 bits per heavy atom. The molecule has 0 saturated carbocycles. The van der Waals surface area contributed by atoms with Crippen molar-refractivity contribution in [1.82, 2.24) is 5.48 Å². The third-order valence-corrected chi connectivity index (χ3v) is 3.04. The molecule has 0 radical (unpaired) electrons. The van der Waals surface area contributed by atoms with Crippen LogP contribution in [0.4, 0.5) is 0 Å². The standard InChI is InChI=1S/C13H21NOS/c1-10(2)9-15-14-11(3)12-5-7-13(16-4)8-6-12/h5-8,10-11,14H,9H2,1-4H3. The number of thioether (sulfide) groups is 1. The Morgan fingerprint density at radius 3 is 2.31 bits per heavy atom. The zero-order valence-electron chi connectivity index (χ0n) is 10.5. The number of nitrogens with one attached hydrogen (secondary N) is 1. The highest BCUT2D eigenvalue weighted by molar-refractivity contribution is 7.98. The van der Waals surface area contributed by atoms with Crippen LogP contribution in [0.5, 0.6) is 0 Å². The molecule has 0 heterocycles. The molecule has 0 aliphatic heterocycles. The van der Waals surface area contributed by atoms with E-state index in [1.165, 1.54) is 10.5 Å². The Hall–Kier alpha value is -0.510. The topological polar surface area (TPSA) is 21.3 Å². The first-order valence-electron chi connectivity index (χ1n) is 5.64. The summed E-state index contributed by atoms with van der Waals surface area (Å²) in [5.74, 6) is 0.554. The molecule has 0 fully saturated rings. The average molecular weight is 239 g/mol. The minimum Gasteiger partial charge on any atom is -0.301 e. The molecule has 0 amide bonds. The van der Waals surface area contributed by atoms with E-state index in [2.05, 4.69) is 56.8 Å². The van der Waals surface area contributed by atoms with Gasteiger partial charge in [0.05, 0.1) is 12.6 Å². The van der Waals surface area contributed by atoms with Gasteiger partial charge in [0.15, 0.2) is 0 Å². The summed E-state index contributed by atoms with van der Waals surface area (Å²) in [7, 11) is 0. The molecule has 1 atom stereocenters. The minimum atomic E-state index is 0.231. The quantitative estimate of drug-likeness (QED) is 0.605. The number of hydroxylamine groups is 1. The summed E-state index contributed by atoms with van der Waals surface area (Å²) >= 11 is 1.76. The third kappa shape index (κ3) is 4.56. The molecule has 0 bridgehead atoms. The minimum absolute atomic E-state index is 0.231. The molecule has 1 unspecified atom stereocenters. The van der Waals surface area contributed by atoms with E-state index in [9.17, 15) is 0 Å². The Labute approximate surface area is 103 Å². The van der Waals surface area contributed by atoms with E-state index in [0.29, 0.717) is 5.92 Å². The summed E-state index contributed by atoms with van der Waals surface area (Å²) in [5.41, 5.74) is 4.31. The molecule has 1 rings (SSSR count). The van der Waals surface area contributed by atoms with Gasteiger partial charge in [-0.2, -0.15) is 5.48 Å². The maximum Gasteiger partial charge on any atom is 0.0705 e. The Balaban J connectivity index is 2.43. The zero-order valence-corrected chi connectivity index (χ0v) is 11.3. The molecule has 1 aromatic rings. The molecule has 0 aliphatic rings. The molecule has 90 valence electrons. The molecule has 0 aliphatic carbocycles. The van der Waals surface area contributed by atoms with Gasteiger partial charge in [0.2, 0.25) is 0 Å². The molecule has 0 spiro atoms. The van der Waals surface area contributed by atoms with Gasteiger partial charge >= 0.3 is 0 Å². The van der Waals surface area contributed by atoms with Crippen molar-refractivity contribution in [3.63, 3.8) is 0 Å². The maximum absolute atomic E-state index is 5.41. The molecular weight excluding hydrogens is 218 g/mol. The van der Waals surface area contributed by atoms with Crippen LogP contribution in [0.2, 0.25) is 0 Å². The second-order valence-electron chi connectivity index (χ2n) is 4.32. The smallest absolute Gasteiger partial charge is 0.0705 e. The van der Waals surface area contributed by atoms with E-state index >= 15 is 0 Å². The Morgan fingerprint density at radius 2 is 1.81 bits per heavy atom. The van der Waals surface area contributed by atoms with Crippen molar-refractivity contribution in [1.29, 1.82) is 0 Å². The molecule has 1 N–H and O–H groups in total. The van der Waals surface area contributed by atoms with Gasteiger partial charge in [-0.15, -0.1) is 11.8 Å². The van der Waals surface area contributed by atoms with E-state index in [0.717, 1.165) is 6.61 Å². The second-order valence-corrected chi connectivity index (χ2v) is 5.20. The molecule has 1 aromatic carbocycles.